The van der Waals surface area contributed by atoms with Crippen LogP contribution in [0.4, 0.5) is 0 Å². The predicted octanol–water partition coefficient (Wildman–Crippen LogP) is 4.45. The van der Waals surface area contributed by atoms with E-state index in [4.69, 9.17) is 19.0 Å². The van der Waals surface area contributed by atoms with Crippen molar-refractivity contribution in [2.45, 2.75) is 26.7 Å². The van der Waals surface area contributed by atoms with Crippen LogP contribution in [-0.4, -0.2) is 17.7 Å². The van der Waals surface area contributed by atoms with E-state index in [1.807, 2.05) is 32.0 Å². The molecule has 0 fully saturated rings. The van der Waals surface area contributed by atoms with Gasteiger partial charge in [0.1, 0.15) is 23.3 Å². The van der Waals surface area contributed by atoms with Crippen molar-refractivity contribution >= 4 is 16.9 Å². The van der Waals surface area contributed by atoms with Crippen LogP contribution in [0.2, 0.25) is 0 Å². The molecule has 0 atom stereocenters. The summed E-state index contributed by atoms with van der Waals surface area (Å²) in [5, 5.41) is 9.02. The summed E-state index contributed by atoms with van der Waals surface area (Å²) in [5.74, 6) is 0.413. The normalized spacial score (nSPS) is 10.7. The molecule has 0 spiro atoms. The van der Waals surface area contributed by atoms with Gasteiger partial charge in [-0.25, -0.2) is 0 Å². The highest BCUT2D eigenvalue weighted by molar-refractivity contribution is 5.79. The van der Waals surface area contributed by atoms with Gasteiger partial charge >= 0.3 is 5.97 Å². The maximum absolute atomic E-state index is 12.7. The fraction of sp³-hybridized carbons (Fsp3) is 0.238. The Morgan fingerprint density at radius 3 is 2.59 bits per heavy atom. The average Bonchev–Trinajstić information content (AvgIpc) is 2.63. The summed E-state index contributed by atoms with van der Waals surface area (Å²) in [7, 11) is 0. The molecule has 1 aromatic heterocycles. The molecule has 6 nitrogen and oxygen atoms in total. The molecule has 3 rings (SSSR count). The summed E-state index contributed by atoms with van der Waals surface area (Å²) in [5.41, 5.74) is 1.97. The van der Waals surface area contributed by atoms with Gasteiger partial charge in [-0.2, -0.15) is 0 Å². The van der Waals surface area contributed by atoms with Crippen LogP contribution in [0, 0.1) is 13.8 Å². The minimum absolute atomic E-state index is 0.0433. The van der Waals surface area contributed by atoms with Crippen molar-refractivity contribution in [1.82, 2.24) is 0 Å². The number of carbonyl (C=O) groups is 1. The smallest absolute Gasteiger partial charge is 0.303 e. The van der Waals surface area contributed by atoms with Crippen LogP contribution in [0.5, 0.6) is 17.2 Å². The predicted molar refractivity (Wildman–Crippen MR) is 101 cm³/mol. The van der Waals surface area contributed by atoms with Gasteiger partial charge in [0.25, 0.3) is 0 Å². The lowest BCUT2D eigenvalue weighted by Gasteiger charge is -2.11. The van der Waals surface area contributed by atoms with Crippen molar-refractivity contribution in [3.63, 3.8) is 0 Å². The van der Waals surface area contributed by atoms with Gasteiger partial charge in [-0.3, -0.25) is 9.59 Å². The van der Waals surface area contributed by atoms with Crippen LogP contribution < -0.4 is 14.9 Å². The van der Waals surface area contributed by atoms with Crippen molar-refractivity contribution in [3.8, 4) is 17.2 Å². The Morgan fingerprint density at radius 1 is 1.15 bits per heavy atom. The fourth-order valence-electron chi connectivity index (χ4n) is 2.73. The molecule has 0 saturated heterocycles. The quantitative estimate of drug-likeness (QED) is 0.620. The lowest BCUT2D eigenvalue weighted by atomic mass is 10.1. The van der Waals surface area contributed by atoms with E-state index in [-0.39, 0.29) is 24.2 Å². The van der Waals surface area contributed by atoms with Crippen molar-refractivity contribution in [3.05, 3.63) is 64.0 Å². The van der Waals surface area contributed by atoms with E-state index >= 15 is 0 Å². The van der Waals surface area contributed by atoms with Crippen LogP contribution in [0.15, 0.2) is 51.9 Å². The highest BCUT2D eigenvalue weighted by Gasteiger charge is 2.12. The Kier molecular flexibility index (Phi) is 5.45. The second-order valence-electron chi connectivity index (χ2n) is 6.26. The van der Waals surface area contributed by atoms with Gasteiger partial charge in [0.15, 0.2) is 0 Å². The van der Waals surface area contributed by atoms with Crippen LogP contribution in [0.3, 0.4) is 0 Å². The first-order chi connectivity index (χ1) is 13.0. The van der Waals surface area contributed by atoms with Crippen molar-refractivity contribution in [1.29, 1.82) is 0 Å². The molecule has 27 heavy (non-hydrogen) atoms. The first-order valence-corrected chi connectivity index (χ1v) is 8.60. The van der Waals surface area contributed by atoms with Crippen LogP contribution in [-0.2, 0) is 4.79 Å². The highest BCUT2D eigenvalue weighted by atomic mass is 16.5. The van der Waals surface area contributed by atoms with Gasteiger partial charge < -0.3 is 19.0 Å². The van der Waals surface area contributed by atoms with Crippen molar-refractivity contribution in [2.75, 3.05) is 6.61 Å². The van der Waals surface area contributed by atoms with Crippen LogP contribution in [0.1, 0.15) is 24.0 Å². The molecule has 140 valence electrons. The fourth-order valence-corrected chi connectivity index (χ4v) is 2.73. The zero-order chi connectivity index (χ0) is 19.4. The topological polar surface area (TPSA) is 86.0 Å². The lowest BCUT2D eigenvalue weighted by molar-refractivity contribution is -0.137. The summed E-state index contributed by atoms with van der Waals surface area (Å²) < 4.78 is 16.9. The molecule has 0 aliphatic rings. The van der Waals surface area contributed by atoms with Gasteiger partial charge in [-0.05, 0) is 43.5 Å². The third-order valence-corrected chi connectivity index (χ3v) is 4.14. The first-order valence-electron chi connectivity index (χ1n) is 8.60. The molecule has 0 bridgehead atoms. The number of aliphatic carboxylic acids is 1. The van der Waals surface area contributed by atoms with E-state index < -0.39 is 5.97 Å². The van der Waals surface area contributed by atoms with Gasteiger partial charge in [0.05, 0.1) is 12.0 Å². The Bertz CT molecular complexity index is 1010. The zero-order valence-electron chi connectivity index (χ0n) is 15.2. The van der Waals surface area contributed by atoms with Gasteiger partial charge in [-0.1, -0.05) is 18.2 Å². The van der Waals surface area contributed by atoms with E-state index in [0.29, 0.717) is 28.9 Å². The summed E-state index contributed by atoms with van der Waals surface area (Å²) in [6.07, 6.45) is 1.74. The van der Waals surface area contributed by atoms with Crippen molar-refractivity contribution < 1.29 is 23.8 Å². The first kappa shape index (κ1) is 18.5. The maximum atomic E-state index is 12.7. The third-order valence-electron chi connectivity index (χ3n) is 4.14. The minimum Gasteiger partial charge on any atom is -0.493 e. The Labute approximate surface area is 156 Å². The summed E-state index contributed by atoms with van der Waals surface area (Å²) in [6.45, 7) is 4.10. The van der Waals surface area contributed by atoms with E-state index in [1.165, 1.54) is 6.26 Å². The second kappa shape index (κ2) is 7.95. The molecule has 0 amide bonds. The largest absolute Gasteiger partial charge is 0.493 e. The average molecular weight is 368 g/mol. The zero-order valence-corrected chi connectivity index (χ0v) is 15.2. The number of fused-ring (bicyclic) bond motifs is 1. The molecule has 2 aromatic carbocycles. The molecule has 1 heterocycles. The number of benzene rings is 2. The maximum Gasteiger partial charge on any atom is 0.303 e. The molecule has 0 aliphatic heterocycles. The molecule has 1 N–H and O–H groups in total. The van der Waals surface area contributed by atoms with Gasteiger partial charge in [0.2, 0.25) is 11.2 Å². The number of carboxylic acids is 1. The Morgan fingerprint density at radius 2 is 1.89 bits per heavy atom. The van der Waals surface area contributed by atoms with E-state index in [9.17, 15) is 9.59 Å². The lowest BCUT2D eigenvalue weighted by Crippen LogP contribution is -2.06. The number of rotatable bonds is 7. The van der Waals surface area contributed by atoms with Crippen molar-refractivity contribution in [2.24, 2.45) is 0 Å². The molecular formula is C21H20O6. The number of ether oxygens (including phenoxy) is 2. The Balaban J connectivity index is 1.82. The number of para-hydroxylation sites is 1. The van der Waals surface area contributed by atoms with E-state index in [2.05, 4.69) is 0 Å². The van der Waals surface area contributed by atoms with E-state index in [1.54, 1.807) is 18.2 Å². The molecule has 0 aliphatic carbocycles. The second-order valence-corrected chi connectivity index (χ2v) is 6.26. The number of carboxylic acid groups (broad SMARTS) is 1. The highest BCUT2D eigenvalue weighted by Crippen LogP contribution is 2.28. The number of hydrogen-bond acceptors (Lipinski definition) is 5. The summed E-state index contributed by atoms with van der Waals surface area (Å²) in [6, 6.07) is 10.6. The summed E-state index contributed by atoms with van der Waals surface area (Å²) in [4.78, 5) is 23.2. The molecule has 0 unspecified atom stereocenters. The van der Waals surface area contributed by atoms with Gasteiger partial charge in [-0.15, -0.1) is 0 Å². The minimum atomic E-state index is -0.862. The number of hydrogen-bond donors (Lipinski definition) is 1. The van der Waals surface area contributed by atoms with Gasteiger partial charge in [0, 0.05) is 12.5 Å². The number of aryl methyl sites for hydroxylation is 2. The van der Waals surface area contributed by atoms with E-state index in [0.717, 1.165) is 11.1 Å². The molecule has 3 aromatic rings. The molecule has 0 radical (unpaired) electrons. The summed E-state index contributed by atoms with van der Waals surface area (Å²) >= 11 is 0. The standard InChI is InChI=1S/C21H20O6/c1-13-5-3-6-14(2)21(13)27-18-12-26-17-11-15(8-9-16(17)20(18)24)25-10-4-7-19(22)23/h3,5-6,8-9,11-12H,4,7,10H2,1-2H3,(H,22,23). The third kappa shape index (κ3) is 4.28. The Hall–Kier alpha value is -3.28. The van der Waals surface area contributed by atoms with Crippen LogP contribution in [0.25, 0.3) is 11.0 Å². The molecular weight excluding hydrogens is 348 g/mol. The monoisotopic (exact) mass is 368 g/mol. The molecule has 6 heteroatoms. The molecule has 0 saturated carbocycles. The SMILES string of the molecule is Cc1cccc(C)c1Oc1coc2cc(OCCCC(=O)O)ccc2c1=O. The van der Waals surface area contributed by atoms with Crippen LogP contribution >= 0.6 is 0 Å².